The molecule has 1 heterocycles. The van der Waals surface area contributed by atoms with Crippen molar-refractivity contribution in [3.8, 4) is 0 Å². The highest BCUT2D eigenvalue weighted by atomic mass is 32.2. The lowest BCUT2D eigenvalue weighted by atomic mass is 10.3. The van der Waals surface area contributed by atoms with Gasteiger partial charge in [-0.1, -0.05) is 5.16 Å². The molecule has 0 unspecified atom stereocenters. The van der Waals surface area contributed by atoms with E-state index in [0.29, 0.717) is 11.5 Å². The van der Waals surface area contributed by atoms with Gasteiger partial charge in [-0.15, -0.1) is 0 Å². The summed E-state index contributed by atoms with van der Waals surface area (Å²) in [7, 11) is -3.85. The second-order valence-corrected chi connectivity index (χ2v) is 6.00. The quantitative estimate of drug-likeness (QED) is 0.475. The van der Waals surface area contributed by atoms with Crippen LogP contribution in [0.2, 0.25) is 0 Å². The predicted octanol–water partition coefficient (Wildman–Crippen LogP) is 0.952. The van der Waals surface area contributed by atoms with E-state index in [2.05, 4.69) is 9.88 Å². The van der Waals surface area contributed by atoms with Crippen LogP contribution >= 0.6 is 0 Å². The minimum absolute atomic E-state index is 0.0833. The van der Waals surface area contributed by atoms with Gasteiger partial charge < -0.3 is 10.3 Å². The lowest BCUT2D eigenvalue weighted by Gasteiger charge is -2.06. The summed E-state index contributed by atoms with van der Waals surface area (Å²) in [5.74, 6) is 0.353. The van der Waals surface area contributed by atoms with E-state index in [-0.39, 0.29) is 22.8 Å². The van der Waals surface area contributed by atoms with E-state index in [9.17, 15) is 18.5 Å². The summed E-state index contributed by atoms with van der Waals surface area (Å²) >= 11 is 0. The van der Waals surface area contributed by atoms with Gasteiger partial charge in [0.2, 0.25) is 10.0 Å². The van der Waals surface area contributed by atoms with Gasteiger partial charge in [0.05, 0.1) is 22.1 Å². The van der Waals surface area contributed by atoms with Crippen LogP contribution in [0.3, 0.4) is 0 Å². The van der Waals surface area contributed by atoms with Crippen LogP contribution in [0, 0.1) is 17.0 Å². The maximum absolute atomic E-state index is 12.0. The van der Waals surface area contributed by atoms with Gasteiger partial charge in [0.1, 0.15) is 5.69 Å². The van der Waals surface area contributed by atoms with Crippen LogP contribution in [0.4, 0.5) is 11.4 Å². The first kappa shape index (κ1) is 14.9. The number of benzene rings is 1. The highest BCUT2D eigenvalue weighted by molar-refractivity contribution is 7.89. The van der Waals surface area contributed by atoms with Crippen molar-refractivity contribution in [2.75, 3.05) is 5.73 Å². The fraction of sp³-hybridized carbons (Fsp3) is 0.182. The largest absolute Gasteiger partial charge is 0.393 e. The Hall–Kier alpha value is -2.46. The number of sulfonamides is 1. The number of aromatic nitrogens is 1. The molecule has 3 N–H and O–H groups in total. The van der Waals surface area contributed by atoms with Gasteiger partial charge in [0.15, 0.2) is 5.76 Å². The summed E-state index contributed by atoms with van der Waals surface area (Å²) in [4.78, 5) is 9.79. The molecule has 1 aromatic heterocycles. The van der Waals surface area contributed by atoms with E-state index in [0.717, 1.165) is 18.2 Å². The van der Waals surface area contributed by atoms with Crippen molar-refractivity contribution in [1.82, 2.24) is 9.88 Å². The lowest BCUT2D eigenvalue weighted by molar-refractivity contribution is -0.383. The highest BCUT2D eigenvalue weighted by Crippen LogP contribution is 2.24. The topological polar surface area (TPSA) is 141 Å². The molecule has 9 nitrogen and oxygen atoms in total. The van der Waals surface area contributed by atoms with Crippen molar-refractivity contribution >= 4 is 21.4 Å². The zero-order chi connectivity index (χ0) is 15.6. The SMILES string of the molecule is Cc1cc(CNS(=O)(=O)c2ccc([N+](=O)[O-])c(N)c2)on1. The number of rotatable bonds is 5. The number of anilines is 1. The fourth-order valence-electron chi connectivity index (χ4n) is 1.62. The first-order chi connectivity index (χ1) is 9.79. The molecule has 0 aliphatic carbocycles. The summed E-state index contributed by atoms with van der Waals surface area (Å²) in [6.45, 7) is 1.62. The molecular weight excluding hydrogens is 300 g/mol. The molecule has 2 rings (SSSR count). The molecule has 0 bridgehead atoms. The number of nitrogens with zero attached hydrogens (tertiary/aromatic N) is 2. The predicted molar refractivity (Wildman–Crippen MR) is 72.8 cm³/mol. The molecule has 112 valence electrons. The molecule has 21 heavy (non-hydrogen) atoms. The second-order valence-electron chi connectivity index (χ2n) is 4.24. The Morgan fingerprint density at radius 1 is 1.43 bits per heavy atom. The summed E-state index contributed by atoms with van der Waals surface area (Å²) in [5, 5.41) is 14.3. The Kier molecular flexibility index (Phi) is 3.91. The standard InChI is InChI=1S/C11H12N4O5S/c1-7-4-8(20-14-7)6-13-21(18,19)9-2-3-11(15(16)17)10(12)5-9/h2-5,13H,6,12H2,1H3. The molecule has 0 fully saturated rings. The van der Waals surface area contributed by atoms with E-state index >= 15 is 0 Å². The average Bonchev–Trinajstić information content (AvgIpc) is 2.82. The van der Waals surface area contributed by atoms with Crippen LogP contribution in [-0.4, -0.2) is 18.5 Å². The van der Waals surface area contributed by atoms with Gasteiger partial charge >= 0.3 is 0 Å². The van der Waals surface area contributed by atoms with Crippen LogP contribution in [0.5, 0.6) is 0 Å². The van der Waals surface area contributed by atoms with Crippen LogP contribution in [0.1, 0.15) is 11.5 Å². The Morgan fingerprint density at radius 2 is 2.14 bits per heavy atom. The van der Waals surface area contributed by atoms with E-state index < -0.39 is 14.9 Å². The molecule has 10 heteroatoms. The van der Waals surface area contributed by atoms with Crippen LogP contribution in [0.15, 0.2) is 33.7 Å². The van der Waals surface area contributed by atoms with Crippen molar-refractivity contribution in [3.63, 3.8) is 0 Å². The van der Waals surface area contributed by atoms with Crippen LogP contribution in [-0.2, 0) is 16.6 Å². The number of nitro groups is 1. The molecular formula is C11H12N4O5S. The fourth-order valence-corrected chi connectivity index (χ4v) is 2.64. The summed E-state index contributed by atoms with van der Waals surface area (Å²) in [6.07, 6.45) is 0. The normalized spacial score (nSPS) is 11.5. The smallest absolute Gasteiger partial charge is 0.292 e. The number of hydrogen-bond donors (Lipinski definition) is 2. The molecule has 0 amide bonds. The van der Waals surface area contributed by atoms with Gasteiger partial charge in [-0.2, -0.15) is 0 Å². The minimum Gasteiger partial charge on any atom is -0.393 e. The Morgan fingerprint density at radius 3 is 2.67 bits per heavy atom. The molecule has 0 aliphatic heterocycles. The number of nitrogens with one attached hydrogen (secondary N) is 1. The Balaban J connectivity index is 2.19. The molecule has 0 saturated heterocycles. The zero-order valence-corrected chi connectivity index (χ0v) is 11.8. The third-order valence-corrected chi connectivity index (χ3v) is 4.02. The van der Waals surface area contributed by atoms with Gasteiger partial charge in [-0.3, -0.25) is 10.1 Å². The molecule has 0 spiro atoms. The van der Waals surface area contributed by atoms with Crippen LogP contribution < -0.4 is 10.5 Å². The van der Waals surface area contributed by atoms with Gasteiger partial charge in [-0.25, -0.2) is 13.1 Å². The maximum atomic E-state index is 12.0. The number of nitro benzene ring substituents is 1. The highest BCUT2D eigenvalue weighted by Gasteiger charge is 2.19. The van der Waals surface area contributed by atoms with Crippen molar-refractivity contribution in [3.05, 3.63) is 45.8 Å². The first-order valence-electron chi connectivity index (χ1n) is 5.75. The zero-order valence-electron chi connectivity index (χ0n) is 10.9. The Bertz CT molecular complexity index is 784. The van der Waals surface area contributed by atoms with E-state index in [4.69, 9.17) is 10.3 Å². The van der Waals surface area contributed by atoms with Gasteiger partial charge in [0.25, 0.3) is 5.69 Å². The number of nitrogens with two attached hydrogens (primary N) is 1. The van der Waals surface area contributed by atoms with E-state index in [1.165, 1.54) is 0 Å². The maximum Gasteiger partial charge on any atom is 0.292 e. The van der Waals surface area contributed by atoms with Crippen molar-refractivity contribution in [2.45, 2.75) is 18.4 Å². The summed E-state index contributed by atoms with van der Waals surface area (Å²) < 4.78 is 31.3. The molecule has 0 saturated carbocycles. The van der Waals surface area contributed by atoms with E-state index in [1.54, 1.807) is 13.0 Å². The summed E-state index contributed by atoms with van der Waals surface area (Å²) in [5.41, 5.74) is 5.52. The van der Waals surface area contributed by atoms with Crippen molar-refractivity contribution < 1.29 is 17.9 Å². The van der Waals surface area contributed by atoms with Gasteiger partial charge in [-0.05, 0) is 19.1 Å². The second kappa shape index (κ2) is 5.50. The average molecular weight is 312 g/mol. The van der Waals surface area contributed by atoms with Gasteiger partial charge in [0, 0.05) is 12.1 Å². The monoisotopic (exact) mass is 312 g/mol. The number of hydrogen-bond acceptors (Lipinski definition) is 7. The molecule has 1 aromatic carbocycles. The van der Waals surface area contributed by atoms with E-state index in [1.807, 2.05) is 0 Å². The van der Waals surface area contributed by atoms with Crippen molar-refractivity contribution in [1.29, 1.82) is 0 Å². The minimum atomic E-state index is -3.85. The molecule has 0 aliphatic rings. The molecule has 0 atom stereocenters. The van der Waals surface area contributed by atoms with Crippen LogP contribution in [0.25, 0.3) is 0 Å². The Labute approximate surface area is 119 Å². The molecule has 2 aromatic rings. The lowest BCUT2D eigenvalue weighted by Crippen LogP contribution is -2.23. The van der Waals surface area contributed by atoms with Crippen molar-refractivity contribution in [2.24, 2.45) is 0 Å². The number of aryl methyl sites for hydroxylation is 1. The third-order valence-electron chi connectivity index (χ3n) is 2.62. The number of nitrogen functional groups attached to an aromatic ring is 1. The molecule has 0 radical (unpaired) electrons. The third kappa shape index (κ3) is 3.35. The first-order valence-corrected chi connectivity index (χ1v) is 7.23. The summed E-state index contributed by atoms with van der Waals surface area (Å²) in [6, 6.07) is 4.78.